The topological polar surface area (TPSA) is 11.4 Å². The summed E-state index contributed by atoms with van der Waals surface area (Å²) >= 11 is -1.62. The second-order valence-corrected chi connectivity index (χ2v) is 31.8. The van der Waals surface area contributed by atoms with E-state index in [1.165, 1.54) is 4.57 Å². The minimum absolute atomic E-state index is 0.0328. The van der Waals surface area contributed by atoms with Gasteiger partial charge in [-0.2, -0.15) is 0 Å². The standard InChI is InChI=1S/C96H77B2N3Se/c1-94(2,3)68-53-73(62-35-20-12-21-36-62)90(74(54-68)63-37-22-13-23-38-63)100-81-51-66(60-31-16-10-17-32-60)47-49-77(81)98-87-82(100)57-70(96(7,8)9)58-83(87)101(91-75(64-39-24-14-25-40-64)55-69(95(4,5)6)56-76(91)65-41-26-15-27-42-65)85-59-84-88-93(89(85)98)102-86-52-67(61-33-18-11-19-34-61)48-50-78(86)97(88)79-45-30-44-72-71-43-28-29-46-80(71)99(84)92(72)79/h10-59H,1-9H3/i10D,11D,16D,17D,18D,19D,28D,29D,30D,31D,32D,33D,34D,43D,44D,45D,46D,47D,48D,49D,50D,51D,52D,59D. The van der Waals surface area contributed by atoms with E-state index in [1.807, 2.05) is 137 Å². The molecular formula is C96H77B2N3Se. The third-order valence-electron chi connectivity index (χ3n) is 20.4. The van der Waals surface area contributed by atoms with E-state index in [-0.39, 0.29) is 81.1 Å². The third-order valence-corrected chi connectivity index (χ3v) is 22.9. The zero-order valence-electron chi connectivity index (χ0n) is 81.4. The van der Waals surface area contributed by atoms with E-state index in [2.05, 4.69) is 92.6 Å². The van der Waals surface area contributed by atoms with Crippen LogP contribution in [-0.4, -0.2) is 32.9 Å². The van der Waals surface area contributed by atoms with Crippen molar-refractivity contribution in [3.05, 3.63) is 319 Å². The summed E-state index contributed by atoms with van der Waals surface area (Å²) in [7, 11) is 0. The molecule has 0 fully saturated rings. The van der Waals surface area contributed by atoms with Gasteiger partial charge in [0.15, 0.2) is 0 Å². The van der Waals surface area contributed by atoms with Crippen LogP contribution in [0.2, 0.25) is 0 Å². The maximum absolute atomic E-state index is 12.3. The van der Waals surface area contributed by atoms with Gasteiger partial charge in [-0.15, -0.1) is 0 Å². The summed E-state index contributed by atoms with van der Waals surface area (Å²) in [5.41, 5.74) is 5.00. The van der Waals surface area contributed by atoms with Crippen LogP contribution in [0.4, 0.5) is 34.1 Å². The fourth-order valence-electron chi connectivity index (χ4n) is 15.5. The molecule has 0 saturated heterocycles. The van der Waals surface area contributed by atoms with Gasteiger partial charge in [-0.25, -0.2) is 0 Å². The van der Waals surface area contributed by atoms with Crippen molar-refractivity contribution in [1.82, 2.24) is 4.57 Å². The molecule has 14 aromatic carbocycles. The minimum atomic E-state index is -1.69. The van der Waals surface area contributed by atoms with Crippen LogP contribution in [0.1, 0.15) is 112 Å². The molecule has 19 rings (SSSR count). The van der Waals surface area contributed by atoms with Crippen molar-refractivity contribution in [3.8, 4) is 72.4 Å². The van der Waals surface area contributed by atoms with Crippen LogP contribution in [0, 0.1) is 0 Å². The number of hydrogen-bond acceptors (Lipinski definition) is 2. The van der Waals surface area contributed by atoms with Crippen LogP contribution >= 0.6 is 0 Å². The molecule has 0 atom stereocenters. The zero-order chi connectivity index (χ0) is 90.0. The fraction of sp³-hybridized carbons (Fsp3) is 0.125. The van der Waals surface area contributed by atoms with Gasteiger partial charge in [-0.05, 0) is 0 Å². The molecule has 15 aromatic rings. The van der Waals surface area contributed by atoms with E-state index < -0.39 is 206 Å². The Kier molecular flexibility index (Phi) is 9.56. The predicted molar refractivity (Wildman–Crippen MR) is 440 cm³/mol. The molecule has 0 unspecified atom stereocenters. The number of para-hydroxylation sites is 2. The number of nitrogens with zero attached hydrogens (tertiary/aromatic N) is 3. The molecule has 4 aliphatic heterocycles. The van der Waals surface area contributed by atoms with Crippen molar-refractivity contribution in [2.75, 3.05) is 9.80 Å². The molecule has 4 aliphatic rings. The fourth-order valence-corrected chi connectivity index (χ4v) is 18.2. The quantitative estimate of drug-likeness (QED) is 0.141. The average Bonchev–Trinajstić information content (AvgIpc) is 1.24. The Morgan fingerprint density at radius 3 is 1.25 bits per heavy atom. The summed E-state index contributed by atoms with van der Waals surface area (Å²) in [5.74, 6) is 0. The van der Waals surface area contributed by atoms with Crippen molar-refractivity contribution in [1.29, 1.82) is 0 Å². The molecule has 0 aliphatic carbocycles. The van der Waals surface area contributed by atoms with Crippen molar-refractivity contribution in [3.63, 3.8) is 0 Å². The molecule has 0 amide bonds. The van der Waals surface area contributed by atoms with Crippen LogP contribution in [0.15, 0.2) is 303 Å². The van der Waals surface area contributed by atoms with Gasteiger partial charge in [0.25, 0.3) is 0 Å². The summed E-state index contributed by atoms with van der Waals surface area (Å²) in [6.07, 6.45) is 0. The number of rotatable bonds is 8. The molecule has 0 saturated carbocycles. The average molecular weight is 1400 g/mol. The number of fused-ring (bicyclic) bond motifs is 12. The molecule has 1 aromatic heterocycles. The van der Waals surface area contributed by atoms with E-state index >= 15 is 0 Å². The number of benzene rings is 14. The summed E-state index contributed by atoms with van der Waals surface area (Å²) in [6.45, 7) is 15.5. The van der Waals surface area contributed by atoms with E-state index in [1.54, 1.807) is 0 Å². The molecule has 5 heterocycles. The van der Waals surface area contributed by atoms with E-state index in [9.17, 15) is 27.4 Å². The molecule has 488 valence electrons. The summed E-state index contributed by atoms with van der Waals surface area (Å²) in [4.78, 5) is 3.98. The van der Waals surface area contributed by atoms with Gasteiger partial charge >= 0.3 is 644 Å². The Morgan fingerprint density at radius 2 is 0.755 bits per heavy atom. The van der Waals surface area contributed by atoms with Crippen LogP contribution in [0.25, 0.3) is 94.3 Å². The summed E-state index contributed by atoms with van der Waals surface area (Å²) in [5, 5.41) is -0.456. The first kappa shape index (κ1) is 41.8. The number of anilines is 6. The molecule has 0 N–H and O–H groups in total. The van der Waals surface area contributed by atoms with Gasteiger partial charge in [-0.1, -0.05) is 0 Å². The first-order chi connectivity index (χ1) is 59.5. The van der Waals surface area contributed by atoms with E-state index in [0.717, 1.165) is 11.1 Å². The van der Waals surface area contributed by atoms with Gasteiger partial charge in [0.2, 0.25) is 0 Å². The monoisotopic (exact) mass is 1400 g/mol. The van der Waals surface area contributed by atoms with Gasteiger partial charge < -0.3 is 0 Å². The van der Waals surface area contributed by atoms with Gasteiger partial charge in [0.1, 0.15) is 0 Å². The van der Waals surface area contributed by atoms with Crippen molar-refractivity contribution >= 4 is 126 Å². The van der Waals surface area contributed by atoms with Gasteiger partial charge in [0.05, 0.1) is 0 Å². The Labute approximate surface area is 640 Å². The Balaban J connectivity index is 1.13. The van der Waals surface area contributed by atoms with Crippen molar-refractivity contribution in [2.45, 2.75) is 78.6 Å². The van der Waals surface area contributed by atoms with E-state index in [4.69, 9.17) is 5.48 Å². The van der Waals surface area contributed by atoms with Gasteiger partial charge in [-0.3, -0.25) is 0 Å². The summed E-state index contributed by atoms with van der Waals surface area (Å²) in [6, 6.07) is 34.8. The Bertz CT molecular complexity index is 7250. The maximum atomic E-state index is 12.3. The third kappa shape index (κ3) is 9.77. The Hall–Kier alpha value is -10.9. The second-order valence-electron chi connectivity index (χ2n) is 29.7. The Morgan fingerprint density at radius 1 is 0.324 bits per heavy atom. The molecule has 0 spiro atoms. The number of hydrogen-bond donors (Lipinski definition) is 0. The molecule has 102 heavy (non-hydrogen) atoms. The van der Waals surface area contributed by atoms with E-state index in [0.29, 0.717) is 78.3 Å². The van der Waals surface area contributed by atoms with Crippen molar-refractivity contribution in [2.24, 2.45) is 0 Å². The number of aromatic nitrogens is 1. The second kappa shape index (κ2) is 23.3. The predicted octanol–water partition coefficient (Wildman–Crippen LogP) is 19.6. The molecule has 3 nitrogen and oxygen atoms in total. The molecular weight excluding hydrogens is 1300 g/mol. The van der Waals surface area contributed by atoms with Gasteiger partial charge in [0, 0.05) is 0 Å². The first-order valence-corrected chi connectivity index (χ1v) is 36.0. The van der Waals surface area contributed by atoms with Crippen LogP contribution in [0.3, 0.4) is 0 Å². The van der Waals surface area contributed by atoms with Crippen molar-refractivity contribution < 1.29 is 32.9 Å². The molecule has 0 radical (unpaired) electrons. The van der Waals surface area contributed by atoms with Crippen LogP contribution < -0.4 is 51.5 Å². The molecule has 0 bridgehead atoms. The molecule has 6 heteroatoms. The van der Waals surface area contributed by atoms with Crippen LogP contribution in [-0.2, 0) is 16.2 Å². The van der Waals surface area contributed by atoms with Crippen LogP contribution in [0.5, 0.6) is 0 Å². The zero-order valence-corrected chi connectivity index (χ0v) is 59.1. The first-order valence-electron chi connectivity index (χ1n) is 46.3. The SMILES string of the molecule is [2H]c1c([2H])c([2H])c(-c2c([2H])c([2H])c3c(c2[2H])[Se]c2c4c(c([2H])c5c2B3c2c([2H])c([2H])c([2H])c3c6c([2H])c([2H])c([2H])c([2H])c6n-5c23)N(c2c(-c3ccccc3)cc(C(C)(C)C)cc2-c2ccccc2)c2cc(C(C)(C)C)cc3c2B4c2c([2H])c([2H])c(-c4c([2H])c([2H])c([2H])c([2H])c4[2H])c([2H])c2N3c2c(-c3ccccc3)cc(C(C)(C)C)cc2-c2ccccc2)c([2H])c1[2H]. The normalized spacial score (nSPS) is 16.7. The summed E-state index contributed by atoms with van der Waals surface area (Å²) < 4.78 is 243.